The highest BCUT2D eigenvalue weighted by atomic mass is 16.5. The van der Waals surface area contributed by atoms with Gasteiger partial charge in [0.15, 0.2) is 0 Å². The third kappa shape index (κ3) is 6.50. The quantitative estimate of drug-likeness (QED) is 0.675. The summed E-state index contributed by atoms with van der Waals surface area (Å²) in [5.74, 6) is 2.43. The van der Waals surface area contributed by atoms with E-state index in [0.717, 1.165) is 48.6 Å². The summed E-state index contributed by atoms with van der Waals surface area (Å²) in [6, 6.07) is 15.9. The summed E-state index contributed by atoms with van der Waals surface area (Å²) in [4.78, 5) is 12.7. The molecule has 1 atom stereocenters. The highest BCUT2D eigenvalue weighted by molar-refractivity contribution is 5.76. The zero-order valence-corrected chi connectivity index (χ0v) is 17.4. The maximum absolute atomic E-state index is 12.7. The van der Waals surface area contributed by atoms with Crippen molar-refractivity contribution in [3.8, 4) is 11.5 Å². The second-order valence-corrected chi connectivity index (χ2v) is 7.68. The Labute approximate surface area is 173 Å². The van der Waals surface area contributed by atoms with Gasteiger partial charge in [0, 0.05) is 6.42 Å². The number of piperidine rings is 1. The summed E-state index contributed by atoms with van der Waals surface area (Å²) >= 11 is 0. The molecule has 1 fully saturated rings. The number of amides is 1. The molecule has 3 rings (SSSR count). The van der Waals surface area contributed by atoms with Crippen LogP contribution in [0.3, 0.4) is 0 Å². The van der Waals surface area contributed by atoms with Gasteiger partial charge in [0.2, 0.25) is 5.91 Å². The first kappa shape index (κ1) is 21.2. The summed E-state index contributed by atoms with van der Waals surface area (Å²) in [5, 5.41) is 6.64. The summed E-state index contributed by atoms with van der Waals surface area (Å²) in [6.45, 7) is 2.14. The van der Waals surface area contributed by atoms with Crippen LogP contribution in [0.1, 0.15) is 42.9 Å². The fraction of sp³-hybridized carbons (Fsp3) is 0.458. The summed E-state index contributed by atoms with van der Waals surface area (Å²) < 4.78 is 10.5. The molecule has 5 nitrogen and oxygen atoms in total. The fourth-order valence-electron chi connectivity index (χ4n) is 3.86. The Morgan fingerprint density at radius 1 is 1.00 bits per heavy atom. The van der Waals surface area contributed by atoms with Gasteiger partial charge in [-0.15, -0.1) is 0 Å². The molecular weight excluding hydrogens is 364 g/mol. The number of methoxy groups -OCH3 is 2. The molecule has 2 N–H and O–H groups in total. The Morgan fingerprint density at radius 2 is 1.59 bits per heavy atom. The summed E-state index contributed by atoms with van der Waals surface area (Å²) in [6.07, 6.45) is 4.61. The second-order valence-electron chi connectivity index (χ2n) is 7.68. The zero-order valence-electron chi connectivity index (χ0n) is 17.4. The molecule has 0 saturated carbocycles. The van der Waals surface area contributed by atoms with Crippen molar-refractivity contribution in [2.75, 3.05) is 27.3 Å². The molecule has 0 aliphatic carbocycles. The van der Waals surface area contributed by atoms with Crippen LogP contribution in [-0.2, 0) is 11.2 Å². The average Bonchev–Trinajstić information content (AvgIpc) is 2.78. The van der Waals surface area contributed by atoms with Gasteiger partial charge in [0.1, 0.15) is 11.5 Å². The first-order valence-electron chi connectivity index (χ1n) is 10.4. The highest BCUT2D eigenvalue weighted by Gasteiger charge is 2.18. The molecule has 0 radical (unpaired) electrons. The van der Waals surface area contributed by atoms with Gasteiger partial charge < -0.3 is 20.1 Å². The standard InChI is InChI=1S/C24H32N2O3/c1-28-21-8-3-19(4-9-21)17-23(20-6-10-22(29-2)11-7-20)26-24(27)12-5-18-13-15-25-16-14-18/h3-4,6-11,18,23,25H,5,12-17H2,1-2H3,(H,26,27). The van der Waals surface area contributed by atoms with Crippen LogP contribution in [0.15, 0.2) is 48.5 Å². The smallest absolute Gasteiger partial charge is 0.220 e. The molecule has 5 heteroatoms. The van der Waals surface area contributed by atoms with Crippen molar-refractivity contribution in [2.45, 2.75) is 38.1 Å². The number of hydrogen-bond donors (Lipinski definition) is 2. The lowest BCUT2D eigenvalue weighted by Crippen LogP contribution is -2.32. The lowest BCUT2D eigenvalue weighted by atomic mass is 9.92. The molecule has 0 aromatic heterocycles. The SMILES string of the molecule is COc1ccc(CC(NC(=O)CCC2CCNCC2)c2ccc(OC)cc2)cc1. The van der Waals surface area contributed by atoms with Gasteiger partial charge in [-0.05, 0) is 80.1 Å². The van der Waals surface area contributed by atoms with Crippen LogP contribution in [0.4, 0.5) is 0 Å². The van der Waals surface area contributed by atoms with Crippen molar-refractivity contribution in [1.82, 2.24) is 10.6 Å². The Balaban J connectivity index is 1.66. The lowest BCUT2D eigenvalue weighted by Gasteiger charge is -2.23. The van der Waals surface area contributed by atoms with Crippen molar-refractivity contribution >= 4 is 5.91 Å². The molecule has 29 heavy (non-hydrogen) atoms. The Bertz CT molecular complexity index is 753. The van der Waals surface area contributed by atoms with Crippen LogP contribution in [0.25, 0.3) is 0 Å². The van der Waals surface area contributed by atoms with Crippen LogP contribution in [0, 0.1) is 5.92 Å². The van der Waals surface area contributed by atoms with E-state index in [1.54, 1.807) is 14.2 Å². The first-order valence-corrected chi connectivity index (χ1v) is 10.4. The average molecular weight is 397 g/mol. The minimum Gasteiger partial charge on any atom is -0.497 e. The Kier molecular flexibility index (Phi) is 7.94. The summed E-state index contributed by atoms with van der Waals surface area (Å²) in [5.41, 5.74) is 2.24. The number of carbonyl (C=O) groups is 1. The van der Waals surface area contributed by atoms with E-state index in [4.69, 9.17) is 9.47 Å². The van der Waals surface area contributed by atoms with Gasteiger partial charge in [-0.2, -0.15) is 0 Å². The predicted octanol–water partition coefficient (Wildman–Crippen LogP) is 3.88. The topological polar surface area (TPSA) is 59.6 Å². The van der Waals surface area contributed by atoms with Crippen molar-refractivity contribution in [3.63, 3.8) is 0 Å². The van der Waals surface area contributed by atoms with Gasteiger partial charge in [0.25, 0.3) is 0 Å². The number of hydrogen-bond acceptors (Lipinski definition) is 4. The third-order valence-corrected chi connectivity index (χ3v) is 5.69. The van der Waals surface area contributed by atoms with Crippen LogP contribution in [0.2, 0.25) is 0 Å². The molecule has 1 amide bonds. The molecule has 1 unspecified atom stereocenters. The lowest BCUT2D eigenvalue weighted by molar-refractivity contribution is -0.122. The van der Waals surface area contributed by atoms with Crippen molar-refractivity contribution in [2.24, 2.45) is 5.92 Å². The summed E-state index contributed by atoms with van der Waals surface area (Å²) in [7, 11) is 3.32. The van der Waals surface area contributed by atoms with E-state index in [2.05, 4.69) is 22.8 Å². The number of benzene rings is 2. The minimum atomic E-state index is -0.0742. The van der Waals surface area contributed by atoms with E-state index in [0.29, 0.717) is 12.3 Å². The van der Waals surface area contributed by atoms with Crippen molar-refractivity contribution in [1.29, 1.82) is 0 Å². The first-order chi connectivity index (χ1) is 14.2. The van der Waals surface area contributed by atoms with Crippen LogP contribution >= 0.6 is 0 Å². The molecule has 1 aliphatic rings. The number of carbonyl (C=O) groups excluding carboxylic acids is 1. The number of ether oxygens (including phenoxy) is 2. The molecule has 1 saturated heterocycles. The fourth-order valence-corrected chi connectivity index (χ4v) is 3.86. The van der Waals surface area contributed by atoms with E-state index < -0.39 is 0 Å². The van der Waals surface area contributed by atoms with Gasteiger partial charge in [-0.25, -0.2) is 0 Å². The molecule has 1 aliphatic heterocycles. The maximum atomic E-state index is 12.7. The largest absolute Gasteiger partial charge is 0.497 e. The number of nitrogens with one attached hydrogen (secondary N) is 2. The van der Waals surface area contributed by atoms with E-state index in [1.807, 2.05) is 36.4 Å². The van der Waals surface area contributed by atoms with E-state index >= 15 is 0 Å². The van der Waals surface area contributed by atoms with Crippen LogP contribution in [0.5, 0.6) is 11.5 Å². The molecular formula is C24H32N2O3. The molecule has 0 bridgehead atoms. The van der Waals surface area contributed by atoms with Gasteiger partial charge in [-0.3, -0.25) is 4.79 Å². The van der Waals surface area contributed by atoms with E-state index in [-0.39, 0.29) is 11.9 Å². The van der Waals surface area contributed by atoms with Gasteiger partial charge in [0.05, 0.1) is 20.3 Å². The Hall–Kier alpha value is -2.53. The van der Waals surface area contributed by atoms with Crippen molar-refractivity contribution < 1.29 is 14.3 Å². The molecule has 2 aromatic rings. The van der Waals surface area contributed by atoms with Gasteiger partial charge >= 0.3 is 0 Å². The number of rotatable bonds is 9. The van der Waals surface area contributed by atoms with E-state index in [1.165, 1.54) is 12.8 Å². The van der Waals surface area contributed by atoms with Gasteiger partial charge in [-0.1, -0.05) is 24.3 Å². The van der Waals surface area contributed by atoms with Crippen LogP contribution in [-0.4, -0.2) is 33.2 Å². The molecule has 2 aromatic carbocycles. The minimum absolute atomic E-state index is 0.0742. The van der Waals surface area contributed by atoms with Crippen LogP contribution < -0.4 is 20.1 Å². The Morgan fingerprint density at radius 3 is 2.17 bits per heavy atom. The zero-order chi connectivity index (χ0) is 20.5. The normalized spacial score (nSPS) is 15.5. The third-order valence-electron chi connectivity index (χ3n) is 5.69. The second kappa shape index (κ2) is 10.9. The predicted molar refractivity (Wildman–Crippen MR) is 115 cm³/mol. The van der Waals surface area contributed by atoms with E-state index in [9.17, 15) is 4.79 Å². The molecule has 156 valence electrons. The molecule has 0 spiro atoms. The highest BCUT2D eigenvalue weighted by Crippen LogP contribution is 2.24. The maximum Gasteiger partial charge on any atom is 0.220 e. The van der Waals surface area contributed by atoms with Crippen molar-refractivity contribution in [3.05, 3.63) is 59.7 Å². The monoisotopic (exact) mass is 396 g/mol. The molecule has 1 heterocycles.